The second kappa shape index (κ2) is 9.24. The summed E-state index contributed by atoms with van der Waals surface area (Å²) in [7, 11) is 0. The van der Waals surface area contributed by atoms with Crippen LogP contribution >= 0.6 is 11.6 Å². The maximum atomic E-state index is 12.5. The lowest BCUT2D eigenvalue weighted by Crippen LogP contribution is -2.23. The fourth-order valence-corrected chi connectivity index (χ4v) is 2.74. The van der Waals surface area contributed by atoms with E-state index in [1.165, 1.54) is 6.39 Å². The molecule has 3 aromatic rings. The number of nitrogens with zero attached hydrogens (tertiary/aromatic N) is 1. The van der Waals surface area contributed by atoms with Gasteiger partial charge in [0.25, 0.3) is 5.91 Å². The van der Waals surface area contributed by atoms with Crippen LogP contribution in [-0.4, -0.2) is 17.5 Å². The summed E-state index contributed by atoms with van der Waals surface area (Å²) in [6.45, 7) is 3.22. The fraction of sp³-hybridized carbons (Fsp3) is 0.238. The third kappa shape index (κ3) is 5.11. The Bertz CT molecular complexity index is 890. The number of oxazole rings is 1. The monoisotopic (exact) mass is 384 g/mol. The van der Waals surface area contributed by atoms with E-state index in [9.17, 15) is 4.79 Å². The summed E-state index contributed by atoms with van der Waals surface area (Å²) in [4.78, 5) is 16.6. The van der Waals surface area contributed by atoms with Crippen molar-refractivity contribution in [3.63, 3.8) is 0 Å². The molecule has 0 aliphatic rings. The summed E-state index contributed by atoms with van der Waals surface area (Å²) in [5, 5.41) is 3.43. The third-order valence-electron chi connectivity index (χ3n) is 4.01. The van der Waals surface area contributed by atoms with E-state index < -0.39 is 0 Å². The molecule has 0 saturated carbocycles. The van der Waals surface area contributed by atoms with Gasteiger partial charge in [-0.1, -0.05) is 49.2 Å². The Morgan fingerprint density at radius 3 is 2.78 bits per heavy atom. The number of carbonyl (C=O) groups excluding carboxylic acids is 1. The van der Waals surface area contributed by atoms with Crippen LogP contribution in [-0.2, 0) is 6.54 Å². The minimum Gasteiger partial charge on any atom is -0.494 e. The van der Waals surface area contributed by atoms with Gasteiger partial charge in [0.15, 0.2) is 17.8 Å². The number of carbonyl (C=O) groups is 1. The van der Waals surface area contributed by atoms with E-state index in [0.717, 1.165) is 24.2 Å². The molecule has 0 atom stereocenters. The molecule has 1 N–H and O–H groups in total. The van der Waals surface area contributed by atoms with Crippen LogP contribution in [0.25, 0.3) is 11.3 Å². The first-order chi connectivity index (χ1) is 13.2. The lowest BCUT2D eigenvalue weighted by Gasteiger charge is -2.08. The zero-order valence-electron chi connectivity index (χ0n) is 15.1. The molecular formula is C21H21ClN2O3. The summed E-state index contributed by atoms with van der Waals surface area (Å²) >= 11 is 6.01. The molecule has 0 spiro atoms. The third-order valence-corrected chi connectivity index (χ3v) is 4.25. The van der Waals surface area contributed by atoms with Crippen LogP contribution in [0, 0.1) is 0 Å². The van der Waals surface area contributed by atoms with E-state index in [4.69, 9.17) is 20.8 Å². The topological polar surface area (TPSA) is 64.4 Å². The van der Waals surface area contributed by atoms with Crippen LogP contribution in [0.5, 0.6) is 5.75 Å². The maximum absolute atomic E-state index is 12.5. The normalized spacial score (nSPS) is 10.6. The molecule has 0 aliphatic carbocycles. The van der Waals surface area contributed by atoms with Crippen LogP contribution in [0.3, 0.4) is 0 Å². The highest BCUT2D eigenvalue weighted by Gasteiger charge is 2.18. The fourth-order valence-electron chi connectivity index (χ4n) is 2.55. The van der Waals surface area contributed by atoms with Gasteiger partial charge in [0.2, 0.25) is 0 Å². The SMILES string of the molecule is CCCCOc1ccc(CNC(=O)c2ncoc2-c2cccc(Cl)c2)cc1. The van der Waals surface area contributed by atoms with Gasteiger partial charge in [-0.05, 0) is 36.2 Å². The molecular weight excluding hydrogens is 364 g/mol. The van der Waals surface area contributed by atoms with Gasteiger partial charge in [0.1, 0.15) is 5.75 Å². The zero-order valence-corrected chi connectivity index (χ0v) is 15.8. The van der Waals surface area contributed by atoms with E-state index in [1.54, 1.807) is 18.2 Å². The summed E-state index contributed by atoms with van der Waals surface area (Å²) in [6.07, 6.45) is 3.39. The second-order valence-corrected chi connectivity index (χ2v) is 6.51. The standard InChI is InChI=1S/C21H21ClN2O3/c1-2-3-11-26-18-9-7-15(8-10-18)13-23-21(25)19-20(27-14-24-19)16-5-4-6-17(22)12-16/h4-10,12,14H,2-3,11,13H2,1H3,(H,23,25). The summed E-state index contributed by atoms with van der Waals surface area (Å²) in [6, 6.07) is 14.8. The number of amides is 1. The molecule has 3 rings (SSSR count). The average molecular weight is 385 g/mol. The number of benzene rings is 2. The molecule has 1 amide bonds. The molecule has 0 unspecified atom stereocenters. The van der Waals surface area contributed by atoms with E-state index in [-0.39, 0.29) is 11.6 Å². The molecule has 1 heterocycles. The molecule has 5 nitrogen and oxygen atoms in total. The van der Waals surface area contributed by atoms with E-state index in [2.05, 4.69) is 17.2 Å². The van der Waals surface area contributed by atoms with Gasteiger partial charge in [0.05, 0.1) is 6.61 Å². The molecule has 6 heteroatoms. The molecule has 0 radical (unpaired) electrons. The highest BCUT2D eigenvalue weighted by molar-refractivity contribution is 6.30. The van der Waals surface area contributed by atoms with Crippen molar-refractivity contribution in [2.24, 2.45) is 0 Å². The number of ether oxygens (including phenoxy) is 1. The number of halogens is 1. The highest BCUT2D eigenvalue weighted by Crippen LogP contribution is 2.25. The van der Waals surface area contributed by atoms with Crippen LogP contribution in [0.2, 0.25) is 5.02 Å². The molecule has 27 heavy (non-hydrogen) atoms. The van der Waals surface area contributed by atoms with Gasteiger partial charge < -0.3 is 14.5 Å². The van der Waals surface area contributed by atoms with Crippen molar-refractivity contribution >= 4 is 17.5 Å². The number of nitrogens with one attached hydrogen (secondary N) is 1. The number of hydrogen-bond donors (Lipinski definition) is 1. The number of aromatic nitrogens is 1. The van der Waals surface area contributed by atoms with Crippen molar-refractivity contribution in [3.05, 3.63) is 71.2 Å². The quantitative estimate of drug-likeness (QED) is 0.548. The Morgan fingerprint density at radius 2 is 2.04 bits per heavy atom. The highest BCUT2D eigenvalue weighted by atomic mass is 35.5. The first-order valence-corrected chi connectivity index (χ1v) is 9.24. The van der Waals surface area contributed by atoms with Crippen LogP contribution < -0.4 is 10.1 Å². The zero-order chi connectivity index (χ0) is 19.1. The Morgan fingerprint density at radius 1 is 1.22 bits per heavy atom. The number of hydrogen-bond acceptors (Lipinski definition) is 4. The minimum atomic E-state index is -0.304. The lowest BCUT2D eigenvalue weighted by atomic mass is 10.1. The van der Waals surface area contributed by atoms with Gasteiger partial charge in [-0.15, -0.1) is 0 Å². The van der Waals surface area contributed by atoms with Gasteiger partial charge in [-0.2, -0.15) is 0 Å². The number of unbranched alkanes of at least 4 members (excludes halogenated alkanes) is 1. The van der Waals surface area contributed by atoms with Gasteiger partial charge in [-0.3, -0.25) is 4.79 Å². The Labute approximate surface area is 163 Å². The second-order valence-electron chi connectivity index (χ2n) is 6.07. The molecule has 0 aliphatic heterocycles. The molecule has 0 fully saturated rings. The minimum absolute atomic E-state index is 0.233. The van der Waals surface area contributed by atoms with E-state index in [0.29, 0.717) is 29.5 Å². The van der Waals surface area contributed by atoms with Gasteiger partial charge in [-0.25, -0.2) is 4.98 Å². The first kappa shape index (κ1) is 19.0. The van der Waals surface area contributed by atoms with Crippen LogP contribution in [0.4, 0.5) is 0 Å². The van der Waals surface area contributed by atoms with Crippen LogP contribution in [0.1, 0.15) is 35.8 Å². The van der Waals surface area contributed by atoms with Crippen molar-refractivity contribution in [2.75, 3.05) is 6.61 Å². The average Bonchev–Trinajstić information content (AvgIpc) is 3.17. The Balaban J connectivity index is 1.61. The van der Waals surface area contributed by atoms with E-state index >= 15 is 0 Å². The van der Waals surface area contributed by atoms with Crippen molar-refractivity contribution in [1.29, 1.82) is 0 Å². The number of rotatable bonds is 8. The molecule has 140 valence electrons. The Kier molecular flexibility index (Phi) is 6.49. The van der Waals surface area contributed by atoms with Crippen molar-refractivity contribution in [3.8, 4) is 17.1 Å². The molecule has 1 aromatic heterocycles. The first-order valence-electron chi connectivity index (χ1n) is 8.86. The predicted octanol–water partition coefficient (Wildman–Crippen LogP) is 5.10. The lowest BCUT2D eigenvalue weighted by molar-refractivity contribution is 0.0947. The van der Waals surface area contributed by atoms with Crippen molar-refractivity contribution < 1.29 is 13.9 Å². The van der Waals surface area contributed by atoms with Crippen molar-refractivity contribution in [2.45, 2.75) is 26.3 Å². The maximum Gasteiger partial charge on any atom is 0.274 e. The molecule has 0 saturated heterocycles. The van der Waals surface area contributed by atoms with Gasteiger partial charge >= 0.3 is 0 Å². The van der Waals surface area contributed by atoms with Crippen LogP contribution in [0.15, 0.2) is 59.3 Å². The molecule has 2 aromatic carbocycles. The van der Waals surface area contributed by atoms with Gasteiger partial charge in [0, 0.05) is 17.1 Å². The Hall–Kier alpha value is -2.79. The largest absolute Gasteiger partial charge is 0.494 e. The summed E-state index contributed by atoms with van der Waals surface area (Å²) in [5.74, 6) is 0.926. The summed E-state index contributed by atoms with van der Waals surface area (Å²) in [5.41, 5.74) is 1.91. The smallest absolute Gasteiger partial charge is 0.274 e. The summed E-state index contributed by atoms with van der Waals surface area (Å²) < 4.78 is 11.0. The van der Waals surface area contributed by atoms with E-state index in [1.807, 2.05) is 30.3 Å². The predicted molar refractivity (Wildman–Crippen MR) is 105 cm³/mol. The van der Waals surface area contributed by atoms with Crippen molar-refractivity contribution in [1.82, 2.24) is 10.3 Å². The molecule has 0 bridgehead atoms.